The number of carbonyl (C=O) groups excluding carboxylic acids is 1. The minimum absolute atomic E-state index is 0.0999. The predicted molar refractivity (Wildman–Crippen MR) is 66.5 cm³/mol. The molecule has 1 saturated heterocycles. The lowest BCUT2D eigenvalue weighted by Gasteiger charge is -2.29. The molecule has 0 bridgehead atoms. The van der Waals surface area contributed by atoms with E-state index in [1.165, 1.54) is 12.8 Å². The Morgan fingerprint density at radius 3 is 2.62 bits per heavy atom. The molecule has 2 amide bonds. The molecular weight excluding hydrogens is 202 g/mol. The topological polar surface area (TPSA) is 44.4 Å². The van der Waals surface area contributed by atoms with Crippen molar-refractivity contribution < 1.29 is 4.79 Å². The molecule has 0 spiro atoms. The molecular formula is C12H25N3O. The van der Waals surface area contributed by atoms with E-state index in [-0.39, 0.29) is 6.03 Å². The predicted octanol–water partition coefficient (Wildman–Crippen LogP) is 1.43. The maximum absolute atomic E-state index is 11.8. The van der Waals surface area contributed by atoms with Crippen molar-refractivity contribution in [3.05, 3.63) is 0 Å². The number of nitrogens with one attached hydrogen (secondary N) is 2. The van der Waals surface area contributed by atoms with Gasteiger partial charge in [0, 0.05) is 19.6 Å². The van der Waals surface area contributed by atoms with Gasteiger partial charge in [0.1, 0.15) is 0 Å². The van der Waals surface area contributed by atoms with E-state index in [1.807, 2.05) is 11.8 Å². The van der Waals surface area contributed by atoms with Gasteiger partial charge in [0.05, 0.1) is 0 Å². The maximum atomic E-state index is 11.8. The third kappa shape index (κ3) is 4.39. The molecule has 4 nitrogen and oxygen atoms in total. The minimum atomic E-state index is 0.0999. The highest BCUT2D eigenvalue weighted by molar-refractivity contribution is 5.74. The smallest absolute Gasteiger partial charge is 0.317 e. The molecule has 0 aromatic heterocycles. The Balaban J connectivity index is 2.31. The number of urea groups is 1. The summed E-state index contributed by atoms with van der Waals surface area (Å²) in [6.07, 6.45) is 3.38. The summed E-state index contributed by atoms with van der Waals surface area (Å²) in [6, 6.07) is 0.0999. The lowest BCUT2D eigenvalue weighted by atomic mass is 9.98. The summed E-state index contributed by atoms with van der Waals surface area (Å²) in [7, 11) is 0. The first-order chi connectivity index (χ1) is 7.77. The monoisotopic (exact) mass is 227 g/mol. The number of nitrogens with zero attached hydrogens (tertiary/aromatic N) is 1. The van der Waals surface area contributed by atoms with Crippen LogP contribution in [0, 0.1) is 5.92 Å². The third-order valence-electron chi connectivity index (χ3n) is 3.13. The fraction of sp³-hybridized carbons (Fsp3) is 0.917. The Hall–Kier alpha value is -0.770. The standard InChI is InChI=1S/C12H25N3O/c1-3-7-14-12(16)15(4-2)10-11-5-8-13-9-6-11/h11,13H,3-10H2,1-2H3,(H,14,16). The van der Waals surface area contributed by atoms with Gasteiger partial charge in [0.25, 0.3) is 0 Å². The number of hydrogen-bond donors (Lipinski definition) is 2. The second-order valence-corrected chi connectivity index (χ2v) is 4.46. The molecule has 0 aliphatic carbocycles. The van der Waals surface area contributed by atoms with Crippen LogP contribution in [0.5, 0.6) is 0 Å². The van der Waals surface area contributed by atoms with Crippen molar-refractivity contribution in [3.8, 4) is 0 Å². The van der Waals surface area contributed by atoms with E-state index >= 15 is 0 Å². The number of amides is 2. The van der Waals surface area contributed by atoms with Crippen molar-refractivity contribution in [1.82, 2.24) is 15.5 Å². The van der Waals surface area contributed by atoms with Crippen LogP contribution < -0.4 is 10.6 Å². The van der Waals surface area contributed by atoms with Gasteiger partial charge >= 0.3 is 6.03 Å². The first kappa shape index (κ1) is 13.3. The molecule has 0 aromatic carbocycles. The fourth-order valence-electron chi connectivity index (χ4n) is 2.08. The molecule has 0 unspecified atom stereocenters. The molecule has 0 aromatic rings. The van der Waals surface area contributed by atoms with Gasteiger partial charge in [0.2, 0.25) is 0 Å². The van der Waals surface area contributed by atoms with Gasteiger partial charge in [-0.15, -0.1) is 0 Å². The SMILES string of the molecule is CCCNC(=O)N(CC)CC1CCNCC1. The van der Waals surface area contributed by atoms with Crippen molar-refractivity contribution in [2.24, 2.45) is 5.92 Å². The van der Waals surface area contributed by atoms with Gasteiger partial charge in [-0.25, -0.2) is 4.79 Å². The summed E-state index contributed by atoms with van der Waals surface area (Å²) in [5, 5.41) is 6.29. The van der Waals surface area contributed by atoms with Gasteiger partial charge in [-0.05, 0) is 45.2 Å². The quantitative estimate of drug-likeness (QED) is 0.746. The second kappa shape index (κ2) is 7.49. The first-order valence-electron chi connectivity index (χ1n) is 6.51. The number of piperidine rings is 1. The van der Waals surface area contributed by atoms with E-state index in [2.05, 4.69) is 17.6 Å². The van der Waals surface area contributed by atoms with Gasteiger partial charge in [-0.2, -0.15) is 0 Å². The Labute approximate surface area is 98.8 Å². The second-order valence-electron chi connectivity index (χ2n) is 4.46. The molecule has 0 atom stereocenters. The summed E-state index contributed by atoms with van der Waals surface area (Å²) in [5.41, 5.74) is 0. The van der Waals surface area contributed by atoms with E-state index in [9.17, 15) is 4.79 Å². The fourth-order valence-corrected chi connectivity index (χ4v) is 2.08. The number of rotatable bonds is 5. The van der Waals surface area contributed by atoms with Crippen LogP contribution >= 0.6 is 0 Å². The van der Waals surface area contributed by atoms with Crippen molar-refractivity contribution in [2.45, 2.75) is 33.1 Å². The zero-order valence-electron chi connectivity index (χ0n) is 10.6. The van der Waals surface area contributed by atoms with Crippen molar-refractivity contribution in [1.29, 1.82) is 0 Å². The molecule has 0 radical (unpaired) electrons. The molecule has 16 heavy (non-hydrogen) atoms. The van der Waals surface area contributed by atoms with Crippen LogP contribution in [-0.2, 0) is 0 Å². The van der Waals surface area contributed by atoms with E-state index in [1.54, 1.807) is 0 Å². The normalized spacial score (nSPS) is 17.1. The van der Waals surface area contributed by atoms with E-state index in [0.29, 0.717) is 5.92 Å². The molecule has 1 fully saturated rings. The maximum Gasteiger partial charge on any atom is 0.317 e. The molecule has 1 rings (SSSR count). The minimum Gasteiger partial charge on any atom is -0.338 e. The Morgan fingerprint density at radius 2 is 2.06 bits per heavy atom. The highest BCUT2D eigenvalue weighted by Gasteiger charge is 2.19. The van der Waals surface area contributed by atoms with Crippen LogP contribution in [0.15, 0.2) is 0 Å². The third-order valence-corrected chi connectivity index (χ3v) is 3.13. The van der Waals surface area contributed by atoms with Crippen LogP contribution in [0.1, 0.15) is 33.1 Å². The highest BCUT2D eigenvalue weighted by atomic mass is 16.2. The van der Waals surface area contributed by atoms with Gasteiger partial charge in [-0.1, -0.05) is 6.92 Å². The van der Waals surface area contributed by atoms with E-state index < -0.39 is 0 Å². The molecule has 1 heterocycles. The van der Waals surface area contributed by atoms with Gasteiger partial charge in [0.15, 0.2) is 0 Å². The highest BCUT2D eigenvalue weighted by Crippen LogP contribution is 2.13. The molecule has 94 valence electrons. The van der Waals surface area contributed by atoms with Crippen molar-refractivity contribution in [2.75, 3.05) is 32.7 Å². The van der Waals surface area contributed by atoms with Gasteiger partial charge in [-0.3, -0.25) is 0 Å². The van der Waals surface area contributed by atoms with Crippen molar-refractivity contribution >= 4 is 6.03 Å². The lowest BCUT2D eigenvalue weighted by molar-refractivity contribution is 0.183. The zero-order valence-corrected chi connectivity index (χ0v) is 10.6. The van der Waals surface area contributed by atoms with Crippen LogP contribution in [0.2, 0.25) is 0 Å². The van der Waals surface area contributed by atoms with Crippen LogP contribution in [0.25, 0.3) is 0 Å². The zero-order chi connectivity index (χ0) is 11.8. The molecule has 1 aliphatic rings. The summed E-state index contributed by atoms with van der Waals surface area (Å²) in [6.45, 7) is 8.81. The largest absolute Gasteiger partial charge is 0.338 e. The first-order valence-corrected chi connectivity index (χ1v) is 6.51. The number of hydrogen-bond acceptors (Lipinski definition) is 2. The average molecular weight is 227 g/mol. The lowest BCUT2D eigenvalue weighted by Crippen LogP contribution is -2.44. The molecule has 4 heteroatoms. The summed E-state index contributed by atoms with van der Waals surface area (Å²) >= 11 is 0. The van der Waals surface area contributed by atoms with Crippen LogP contribution in [0.3, 0.4) is 0 Å². The van der Waals surface area contributed by atoms with E-state index in [4.69, 9.17) is 0 Å². The Kier molecular flexibility index (Phi) is 6.23. The molecule has 1 aliphatic heterocycles. The Morgan fingerprint density at radius 1 is 1.38 bits per heavy atom. The molecule has 2 N–H and O–H groups in total. The average Bonchev–Trinajstić information content (AvgIpc) is 2.34. The van der Waals surface area contributed by atoms with Gasteiger partial charge < -0.3 is 15.5 Å². The Bertz CT molecular complexity index is 202. The van der Waals surface area contributed by atoms with E-state index in [0.717, 1.165) is 39.1 Å². The number of carbonyl (C=O) groups is 1. The summed E-state index contributed by atoms with van der Waals surface area (Å²) < 4.78 is 0. The molecule has 0 saturated carbocycles. The summed E-state index contributed by atoms with van der Waals surface area (Å²) in [4.78, 5) is 13.7. The van der Waals surface area contributed by atoms with Crippen LogP contribution in [-0.4, -0.2) is 43.7 Å². The van der Waals surface area contributed by atoms with Crippen molar-refractivity contribution in [3.63, 3.8) is 0 Å². The van der Waals surface area contributed by atoms with Crippen LogP contribution in [0.4, 0.5) is 4.79 Å². The summed E-state index contributed by atoms with van der Waals surface area (Å²) in [5.74, 6) is 0.675.